The minimum absolute atomic E-state index is 0.0752. The van der Waals surface area contributed by atoms with Gasteiger partial charge in [-0.25, -0.2) is 14.2 Å². The van der Waals surface area contributed by atoms with E-state index < -0.39 is 0 Å². The number of pyridine rings is 1. The number of hydrogen-bond donors (Lipinski definition) is 1. The first-order valence-corrected chi connectivity index (χ1v) is 9.09. The maximum Gasteiger partial charge on any atom is 0.317 e. The minimum Gasteiger partial charge on any atom is -0.334 e. The lowest BCUT2D eigenvalue weighted by molar-refractivity contribution is 0.134. The average molecular weight is 367 g/mol. The van der Waals surface area contributed by atoms with Crippen LogP contribution in [0.15, 0.2) is 54.9 Å². The molecule has 1 aliphatic heterocycles. The van der Waals surface area contributed by atoms with Crippen molar-refractivity contribution in [1.29, 1.82) is 0 Å². The summed E-state index contributed by atoms with van der Waals surface area (Å²) >= 11 is 0. The van der Waals surface area contributed by atoms with Gasteiger partial charge in [0.1, 0.15) is 11.5 Å². The van der Waals surface area contributed by atoms with E-state index in [1.165, 1.54) is 12.1 Å². The topological polar surface area (TPSA) is 52.9 Å². The van der Waals surface area contributed by atoms with E-state index >= 15 is 0 Å². The van der Waals surface area contributed by atoms with Crippen molar-refractivity contribution >= 4 is 11.7 Å². The van der Waals surface area contributed by atoms with Crippen LogP contribution in [0.2, 0.25) is 0 Å². The van der Waals surface area contributed by atoms with Crippen LogP contribution in [0.1, 0.15) is 11.3 Å². The second-order valence-electron chi connectivity index (χ2n) is 6.73. The molecule has 1 saturated heterocycles. The van der Waals surface area contributed by atoms with Crippen LogP contribution in [0.4, 0.5) is 9.18 Å². The molecule has 1 N–H and O–H groups in total. The molecule has 0 bridgehead atoms. The van der Waals surface area contributed by atoms with Crippen LogP contribution < -0.4 is 5.32 Å². The Hall–Kier alpha value is -2.93. The Labute approximate surface area is 157 Å². The third-order valence-corrected chi connectivity index (χ3v) is 4.90. The number of aromatic nitrogens is 2. The number of fused-ring (bicyclic) bond motifs is 1. The lowest BCUT2D eigenvalue weighted by Gasteiger charge is -2.34. The summed E-state index contributed by atoms with van der Waals surface area (Å²) in [4.78, 5) is 20.9. The zero-order valence-corrected chi connectivity index (χ0v) is 15.0. The molecule has 1 fully saturated rings. The Balaban J connectivity index is 1.27. The first-order chi connectivity index (χ1) is 13.2. The Bertz CT molecular complexity index is 916. The average Bonchev–Trinajstić information content (AvgIpc) is 3.11. The SMILES string of the molecule is O=C(NCc1ccc(F)cc1)N1CCN(Cc2cnc3ccccn23)CC1. The molecule has 27 heavy (non-hydrogen) atoms. The van der Waals surface area contributed by atoms with Crippen LogP contribution >= 0.6 is 0 Å². The first kappa shape index (κ1) is 17.5. The lowest BCUT2D eigenvalue weighted by Crippen LogP contribution is -2.51. The number of rotatable bonds is 4. The van der Waals surface area contributed by atoms with Gasteiger partial charge in [-0.2, -0.15) is 0 Å². The first-order valence-electron chi connectivity index (χ1n) is 9.09. The molecule has 6 nitrogen and oxygen atoms in total. The van der Waals surface area contributed by atoms with Gasteiger partial charge in [0, 0.05) is 45.5 Å². The van der Waals surface area contributed by atoms with Gasteiger partial charge >= 0.3 is 6.03 Å². The third-order valence-electron chi connectivity index (χ3n) is 4.90. The highest BCUT2D eigenvalue weighted by atomic mass is 19.1. The number of urea groups is 1. The van der Waals surface area contributed by atoms with E-state index in [-0.39, 0.29) is 11.8 Å². The van der Waals surface area contributed by atoms with Gasteiger partial charge in [-0.3, -0.25) is 4.90 Å². The summed E-state index contributed by atoms with van der Waals surface area (Å²) in [5.41, 5.74) is 2.99. The maximum absolute atomic E-state index is 12.9. The fourth-order valence-corrected chi connectivity index (χ4v) is 3.33. The van der Waals surface area contributed by atoms with Crippen molar-refractivity contribution < 1.29 is 9.18 Å². The summed E-state index contributed by atoms with van der Waals surface area (Å²) in [5, 5.41) is 2.90. The van der Waals surface area contributed by atoms with Crippen LogP contribution in [0.5, 0.6) is 0 Å². The molecular weight excluding hydrogens is 345 g/mol. The number of benzene rings is 1. The van der Waals surface area contributed by atoms with Gasteiger partial charge in [0.25, 0.3) is 0 Å². The van der Waals surface area contributed by atoms with Gasteiger partial charge in [0.15, 0.2) is 0 Å². The highest BCUT2D eigenvalue weighted by molar-refractivity contribution is 5.74. The fourth-order valence-electron chi connectivity index (χ4n) is 3.33. The fraction of sp³-hybridized carbons (Fsp3) is 0.300. The third kappa shape index (κ3) is 4.09. The van der Waals surface area contributed by atoms with Crippen LogP contribution in [-0.4, -0.2) is 51.4 Å². The molecule has 7 heteroatoms. The largest absolute Gasteiger partial charge is 0.334 e. The number of piperazine rings is 1. The quantitative estimate of drug-likeness (QED) is 0.771. The van der Waals surface area contributed by atoms with Crippen LogP contribution in [0.3, 0.4) is 0 Å². The number of imidazole rings is 1. The van der Waals surface area contributed by atoms with Crippen molar-refractivity contribution in [3.8, 4) is 0 Å². The van der Waals surface area contributed by atoms with Crippen molar-refractivity contribution in [2.75, 3.05) is 26.2 Å². The Morgan fingerprint density at radius 2 is 1.85 bits per heavy atom. The second-order valence-corrected chi connectivity index (χ2v) is 6.73. The Morgan fingerprint density at radius 3 is 2.63 bits per heavy atom. The number of halogens is 1. The lowest BCUT2D eigenvalue weighted by atomic mass is 10.2. The van der Waals surface area contributed by atoms with E-state index in [0.717, 1.165) is 36.5 Å². The summed E-state index contributed by atoms with van der Waals surface area (Å²) in [6.45, 7) is 4.24. The van der Waals surface area contributed by atoms with E-state index in [0.29, 0.717) is 19.6 Å². The van der Waals surface area contributed by atoms with Gasteiger partial charge in [-0.15, -0.1) is 0 Å². The van der Waals surface area contributed by atoms with Crippen LogP contribution in [-0.2, 0) is 13.1 Å². The van der Waals surface area contributed by atoms with Gasteiger partial charge in [-0.1, -0.05) is 18.2 Å². The zero-order chi connectivity index (χ0) is 18.6. The summed E-state index contributed by atoms with van der Waals surface area (Å²) < 4.78 is 15.0. The van der Waals surface area contributed by atoms with Crippen molar-refractivity contribution in [3.63, 3.8) is 0 Å². The predicted molar refractivity (Wildman–Crippen MR) is 101 cm³/mol. The molecule has 4 rings (SSSR count). The molecule has 1 aliphatic rings. The highest BCUT2D eigenvalue weighted by Crippen LogP contribution is 2.11. The standard InChI is InChI=1S/C20H22FN5O/c21-17-6-4-16(5-7-17)13-23-20(27)25-11-9-24(10-12-25)15-18-14-22-19-3-1-2-8-26(18)19/h1-8,14H,9-13,15H2,(H,23,27). The molecule has 0 unspecified atom stereocenters. The minimum atomic E-state index is -0.271. The van der Waals surface area contributed by atoms with Crippen molar-refractivity contribution in [3.05, 3.63) is 71.9 Å². The van der Waals surface area contributed by atoms with Crippen molar-refractivity contribution in [2.45, 2.75) is 13.1 Å². The molecule has 0 atom stereocenters. The number of nitrogens with zero attached hydrogens (tertiary/aromatic N) is 4. The molecule has 0 aliphatic carbocycles. The molecule has 2 aromatic heterocycles. The van der Waals surface area contributed by atoms with Gasteiger partial charge < -0.3 is 14.6 Å². The molecule has 0 radical (unpaired) electrons. The molecule has 0 spiro atoms. The Morgan fingerprint density at radius 1 is 1.07 bits per heavy atom. The normalized spacial score (nSPS) is 15.2. The Kier molecular flexibility index (Phi) is 5.02. The highest BCUT2D eigenvalue weighted by Gasteiger charge is 2.21. The molecule has 3 aromatic rings. The van der Waals surface area contributed by atoms with E-state index in [1.807, 2.05) is 35.5 Å². The van der Waals surface area contributed by atoms with E-state index in [9.17, 15) is 9.18 Å². The van der Waals surface area contributed by atoms with Gasteiger partial charge in [0.05, 0.1) is 11.9 Å². The van der Waals surface area contributed by atoms with E-state index in [4.69, 9.17) is 0 Å². The summed E-state index contributed by atoms with van der Waals surface area (Å²) in [6.07, 6.45) is 3.94. The molecule has 1 aromatic carbocycles. The van der Waals surface area contributed by atoms with E-state index in [1.54, 1.807) is 12.1 Å². The van der Waals surface area contributed by atoms with Crippen LogP contribution in [0, 0.1) is 5.82 Å². The maximum atomic E-state index is 12.9. The van der Waals surface area contributed by atoms with Crippen LogP contribution in [0.25, 0.3) is 5.65 Å². The number of hydrogen-bond acceptors (Lipinski definition) is 3. The predicted octanol–water partition coefficient (Wildman–Crippen LogP) is 2.50. The van der Waals surface area contributed by atoms with Crippen molar-refractivity contribution in [2.24, 2.45) is 0 Å². The molecule has 0 saturated carbocycles. The molecule has 2 amide bonds. The van der Waals surface area contributed by atoms with Gasteiger partial charge in [-0.05, 0) is 29.8 Å². The number of nitrogens with one attached hydrogen (secondary N) is 1. The van der Waals surface area contributed by atoms with E-state index in [2.05, 4.69) is 19.6 Å². The second kappa shape index (κ2) is 7.75. The van der Waals surface area contributed by atoms with Crippen molar-refractivity contribution in [1.82, 2.24) is 24.5 Å². The summed E-state index contributed by atoms with van der Waals surface area (Å²) in [7, 11) is 0. The zero-order valence-electron chi connectivity index (χ0n) is 15.0. The van der Waals surface area contributed by atoms with Gasteiger partial charge in [0.2, 0.25) is 0 Å². The summed E-state index contributed by atoms with van der Waals surface area (Å²) in [6, 6.07) is 12.1. The number of carbonyl (C=O) groups excluding carboxylic acids is 1. The molecule has 140 valence electrons. The smallest absolute Gasteiger partial charge is 0.317 e. The summed E-state index contributed by atoms with van der Waals surface area (Å²) in [5.74, 6) is -0.271. The molecule has 3 heterocycles. The number of carbonyl (C=O) groups is 1. The molecular formula is C20H22FN5O. The number of amides is 2. The monoisotopic (exact) mass is 367 g/mol.